The summed E-state index contributed by atoms with van der Waals surface area (Å²) in [5.41, 5.74) is 2.55. The number of benzene rings is 1. The molecule has 1 atom stereocenters. The molecule has 2 aliphatic rings. The molecule has 4 amide bonds. The highest BCUT2D eigenvalue weighted by Gasteiger charge is 2.43. The summed E-state index contributed by atoms with van der Waals surface area (Å²) in [4.78, 5) is 42.5. The van der Waals surface area contributed by atoms with Crippen LogP contribution in [-0.4, -0.2) is 66.3 Å². The van der Waals surface area contributed by atoms with Gasteiger partial charge in [-0.1, -0.05) is 42.0 Å². The first-order valence-corrected chi connectivity index (χ1v) is 9.27. The van der Waals surface area contributed by atoms with E-state index in [9.17, 15) is 14.4 Å². The van der Waals surface area contributed by atoms with E-state index >= 15 is 0 Å². The Kier molecular flexibility index (Phi) is 5.47. The third kappa shape index (κ3) is 3.62. The van der Waals surface area contributed by atoms with E-state index in [1.807, 2.05) is 6.92 Å². The highest BCUT2D eigenvalue weighted by Crippen LogP contribution is 2.37. The van der Waals surface area contributed by atoms with Crippen LogP contribution in [0.5, 0.6) is 0 Å². The van der Waals surface area contributed by atoms with Crippen molar-refractivity contribution in [3.63, 3.8) is 0 Å². The van der Waals surface area contributed by atoms with E-state index in [1.54, 1.807) is 38.4 Å². The monoisotopic (exact) mass is 402 g/mol. The second kappa shape index (κ2) is 7.67. The molecule has 1 aromatic carbocycles. The van der Waals surface area contributed by atoms with Crippen molar-refractivity contribution in [3.05, 3.63) is 58.3 Å². The largest absolute Gasteiger partial charge is 0.340 e. The molecule has 28 heavy (non-hydrogen) atoms. The Morgan fingerprint density at radius 2 is 2.04 bits per heavy atom. The number of likely N-dealkylation sites (N-methyl/N-ethyl adjacent to an activating group) is 2. The standard InChI is InChI=1S/C20H23ClN4O3/c1-12(2)9-23(3)16(26)11-25-10-15-17(19(25)27)18(22-20(28)24(15)4)13-7-5-6-8-14(13)21/h5-8,18H,1,9-11H2,2-4H3,(H,22,28)/t18-/m0/s1. The molecule has 1 aromatic rings. The van der Waals surface area contributed by atoms with Gasteiger partial charge >= 0.3 is 6.03 Å². The van der Waals surface area contributed by atoms with E-state index < -0.39 is 6.04 Å². The summed E-state index contributed by atoms with van der Waals surface area (Å²) >= 11 is 6.31. The normalized spacial score (nSPS) is 18.9. The Balaban J connectivity index is 1.88. The summed E-state index contributed by atoms with van der Waals surface area (Å²) < 4.78 is 0. The molecule has 0 spiro atoms. The number of nitrogens with zero attached hydrogens (tertiary/aromatic N) is 3. The van der Waals surface area contributed by atoms with Crippen molar-refractivity contribution < 1.29 is 14.4 Å². The zero-order valence-electron chi connectivity index (χ0n) is 16.2. The fourth-order valence-corrected chi connectivity index (χ4v) is 3.72. The third-order valence-electron chi connectivity index (χ3n) is 4.91. The molecule has 0 radical (unpaired) electrons. The molecule has 148 valence electrons. The van der Waals surface area contributed by atoms with Gasteiger partial charge in [0, 0.05) is 25.7 Å². The van der Waals surface area contributed by atoms with E-state index in [0.717, 1.165) is 5.57 Å². The molecular weight excluding hydrogens is 380 g/mol. The van der Waals surface area contributed by atoms with Crippen molar-refractivity contribution in [1.82, 2.24) is 20.0 Å². The lowest BCUT2D eigenvalue weighted by molar-refractivity contribution is -0.136. The van der Waals surface area contributed by atoms with Gasteiger partial charge in [0.15, 0.2) is 0 Å². The van der Waals surface area contributed by atoms with Gasteiger partial charge in [-0.2, -0.15) is 0 Å². The molecule has 0 aromatic heterocycles. The second-order valence-corrected chi connectivity index (χ2v) is 7.60. The van der Waals surface area contributed by atoms with Gasteiger partial charge in [0.05, 0.1) is 23.9 Å². The molecule has 0 saturated heterocycles. The highest BCUT2D eigenvalue weighted by molar-refractivity contribution is 6.31. The fourth-order valence-electron chi connectivity index (χ4n) is 3.47. The Bertz CT molecular complexity index is 895. The lowest BCUT2D eigenvalue weighted by atomic mass is 9.96. The van der Waals surface area contributed by atoms with Gasteiger partial charge < -0.3 is 15.1 Å². The topological polar surface area (TPSA) is 73.0 Å². The first-order valence-electron chi connectivity index (χ1n) is 8.90. The summed E-state index contributed by atoms with van der Waals surface area (Å²) in [5, 5.41) is 3.30. The number of halogens is 1. The van der Waals surface area contributed by atoms with Gasteiger partial charge in [-0.3, -0.25) is 14.5 Å². The van der Waals surface area contributed by atoms with Crippen LogP contribution in [0.2, 0.25) is 5.02 Å². The van der Waals surface area contributed by atoms with Crippen molar-refractivity contribution in [2.75, 3.05) is 33.7 Å². The predicted molar refractivity (Wildman–Crippen MR) is 107 cm³/mol. The maximum atomic E-state index is 13.1. The van der Waals surface area contributed by atoms with Crippen LogP contribution in [0.4, 0.5) is 4.79 Å². The van der Waals surface area contributed by atoms with Crippen LogP contribution in [0.15, 0.2) is 47.7 Å². The molecule has 7 nitrogen and oxygen atoms in total. The number of hydrogen-bond donors (Lipinski definition) is 1. The summed E-state index contributed by atoms with van der Waals surface area (Å²) in [6, 6.07) is 6.13. The van der Waals surface area contributed by atoms with Crippen LogP contribution in [0.25, 0.3) is 0 Å². The van der Waals surface area contributed by atoms with Crippen LogP contribution < -0.4 is 5.32 Å². The van der Waals surface area contributed by atoms with Gasteiger partial charge in [-0.25, -0.2) is 4.79 Å². The molecule has 1 N–H and O–H groups in total. The Labute approximate surface area is 169 Å². The zero-order valence-corrected chi connectivity index (χ0v) is 16.9. The van der Waals surface area contributed by atoms with E-state index in [2.05, 4.69) is 11.9 Å². The smallest absolute Gasteiger partial charge is 0.322 e. The van der Waals surface area contributed by atoms with Crippen molar-refractivity contribution in [2.45, 2.75) is 13.0 Å². The van der Waals surface area contributed by atoms with Gasteiger partial charge in [-0.05, 0) is 18.6 Å². The number of urea groups is 1. The van der Waals surface area contributed by atoms with Gasteiger partial charge in [-0.15, -0.1) is 0 Å². The van der Waals surface area contributed by atoms with Crippen molar-refractivity contribution in [3.8, 4) is 0 Å². The molecule has 8 heteroatoms. The molecule has 0 fully saturated rings. The third-order valence-corrected chi connectivity index (χ3v) is 5.25. The maximum absolute atomic E-state index is 13.1. The van der Waals surface area contributed by atoms with Crippen LogP contribution >= 0.6 is 11.6 Å². The van der Waals surface area contributed by atoms with Crippen LogP contribution in [0.1, 0.15) is 18.5 Å². The van der Waals surface area contributed by atoms with Crippen molar-refractivity contribution in [1.29, 1.82) is 0 Å². The molecular formula is C20H23ClN4O3. The lowest BCUT2D eigenvalue weighted by Crippen LogP contribution is -2.45. The molecule has 0 unspecified atom stereocenters. The molecule has 2 aliphatic heterocycles. The van der Waals surface area contributed by atoms with Crippen LogP contribution in [0, 0.1) is 0 Å². The summed E-state index contributed by atoms with van der Waals surface area (Å²) in [5.74, 6) is -0.462. The Morgan fingerprint density at radius 1 is 1.36 bits per heavy atom. The van der Waals surface area contributed by atoms with Crippen LogP contribution in [0.3, 0.4) is 0 Å². The number of carbonyl (C=O) groups is 3. The number of nitrogens with one attached hydrogen (secondary N) is 1. The molecule has 0 aliphatic carbocycles. The average molecular weight is 403 g/mol. The first kappa shape index (κ1) is 19.9. The highest BCUT2D eigenvalue weighted by atomic mass is 35.5. The first-order chi connectivity index (χ1) is 13.2. The zero-order chi connectivity index (χ0) is 20.6. The molecule has 0 bridgehead atoms. The van der Waals surface area contributed by atoms with Crippen LogP contribution in [-0.2, 0) is 9.59 Å². The van der Waals surface area contributed by atoms with E-state index in [1.165, 1.54) is 14.7 Å². The summed E-state index contributed by atoms with van der Waals surface area (Å²) in [7, 11) is 3.29. The van der Waals surface area contributed by atoms with Gasteiger partial charge in [0.25, 0.3) is 5.91 Å². The number of carbonyl (C=O) groups excluding carboxylic acids is 3. The van der Waals surface area contributed by atoms with Gasteiger partial charge in [0.2, 0.25) is 5.91 Å². The number of hydrogen-bond acceptors (Lipinski definition) is 3. The predicted octanol–water partition coefficient (Wildman–Crippen LogP) is 2.17. The second-order valence-electron chi connectivity index (χ2n) is 7.19. The minimum atomic E-state index is -0.645. The maximum Gasteiger partial charge on any atom is 0.322 e. The Hall–Kier alpha value is -2.80. The van der Waals surface area contributed by atoms with E-state index in [-0.39, 0.29) is 30.9 Å². The lowest BCUT2D eigenvalue weighted by Gasteiger charge is -2.31. The minimum absolute atomic E-state index is 0.0626. The van der Waals surface area contributed by atoms with Crippen molar-refractivity contribution in [2.24, 2.45) is 0 Å². The number of amides is 4. The van der Waals surface area contributed by atoms with E-state index in [4.69, 9.17) is 11.6 Å². The minimum Gasteiger partial charge on any atom is -0.340 e. The quantitative estimate of drug-likeness (QED) is 0.767. The summed E-state index contributed by atoms with van der Waals surface area (Å²) in [6.45, 7) is 6.21. The Morgan fingerprint density at radius 3 is 2.68 bits per heavy atom. The van der Waals surface area contributed by atoms with Crippen molar-refractivity contribution >= 4 is 29.4 Å². The average Bonchev–Trinajstić information content (AvgIpc) is 2.95. The van der Waals surface area contributed by atoms with E-state index in [0.29, 0.717) is 28.4 Å². The van der Waals surface area contributed by atoms with Gasteiger partial charge in [0.1, 0.15) is 6.54 Å². The molecule has 3 rings (SSSR count). The SMILES string of the molecule is C=C(C)CN(C)C(=O)CN1CC2=C(C1=O)[C@H](c1ccccc1Cl)NC(=O)N2C. The molecule has 0 saturated carbocycles. The summed E-state index contributed by atoms with van der Waals surface area (Å²) in [6.07, 6.45) is 0. The molecule has 2 heterocycles. The fraction of sp³-hybridized carbons (Fsp3) is 0.350. The number of rotatable bonds is 5.